The Hall–Kier alpha value is -1.10. The van der Waals surface area contributed by atoms with Gasteiger partial charge in [0.15, 0.2) is 0 Å². The largest absolute Gasteiger partial charge is 0.480 e. The van der Waals surface area contributed by atoms with Crippen molar-refractivity contribution in [1.29, 1.82) is 0 Å². The highest BCUT2D eigenvalue weighted by Gasteiger charge is 2.25. The molecule has 0 bridgehead atoms. The Morgan fingerprint density at radius 1 is 1.28 bits per heavy atom. The normalized spacial score (nSPS) is 15.8. The highest BCUT2D eigenvalue weighted by molar-refractivity contribution is 5.83. The molecule has 4 N–H and O–H groups in total. The summed E-state index contributed by atoms with van der Waals surface area (Å²) in [5, 5.41) is 11.6. The van der Waals surface area contributed by atoms with Gasteiger partial charge in [0.05, 0.1) is 0 Å². The fourth-order valence-electron chi connectivity index (χ4n) is 1.74. The average Bonchev–Trinajstić information content (AvgIpc) is 2.32. The minimum atomic E-state index is -0.965. The standard InChI is InChI=1S/C13H26N2O3/c1-4-10(3)12(13(17)18)15-11(16)6-5-9(2)7-8-14/h9-10,12H,4-8,14H2,1-3H3,(H,15,16)(H,17,18)/t9?,10?,12-/m0/s1. The second-order valence-corrected chi connectivity index (χ2v) is 4.99. The lowest BCUT2D eigenvalue weighted by atomic mass is 9.98. The van der Waals surface area contributed by atoms with Crippen molar-refractivity contribution in [2.45, 2.75) is 52.5 Å². The quantitative estimate of drug-likeness (QED) is 0.582. The zero-order chi connectivity index (χ0) is 14.1. The number of carboxylic acids is 1. The van der Waals surface area contributed by atoms with Crippen LogP contribution in [0, 0.1) is 11.8 Å². The number of carbonyl (C=O) groups excluding carboxylic acids is 1. The van der Waals surface area contributed by atoms with Crippen molar-refractivity contribution in [3.8, 4) is 0 Å². The summed E-state index contributed by atoms with van der Waals surface area (Å²) in [5.41, 5.74) is 5.44. The molecule has 1 amide bonds. The molecular formula is C13H26N2O3. The van der Waals surface area contributed by atoms with Crippen molar-refractivity contribution in [3.63, 3.8) is 0 Å². The van der Waals surface area contributed by atoms with Gasteiger partial charge in [-0.05, 0) is 31.2 Å². The maximum Gasteiger partial charge on any atom is 0.326 e. The molecule has 3 atom stereocenters. The Labute approximate surface area is 109 Å². The van der Waals surface area contributed by atoms with Crippen LogP contribution in [0.4, 0.5) is 0 Å². The number of carbonyl (C=O) groups is 2. The maximum atomic E-state index is 11.7. The minimum absolute atomic E-state index is 0.0621. The zero-order valence-corrected chi connectivity index (χ0v) is 11.6. The molecule has 5 heteroatoms. The fraction of sp³-hybridized carbons (Fsp3) is 0.846. The van der Waals surface area contributed by atoms with Gasteiger partial charge in [0.25, 0.3) is 0 Å². The molecule has 0 aliphatic heterocycles. The summed E-state index contributed by atoms with van der Waals surface area (Å²) >= 11 is 0. The van der Waals surface area contributed by atoms with Gasteiger partial charge < -0.3 is 16.2 Å². The lowest BCUT2D eigenvalue weighted by Crippen LogP contribution is -2.45. The van der Waals surface area contributed by atoms with E-state index in [0.717, 1.165) is 19.3 Å². The lowest BCUT2D eigenvalue weighted by molar-refractivity contribution is -0.143. The molecule has 18 heavy (non-hydrogen) atoms. The van der Waals surface area contributed by atoms with Gasteiger partial charge in [0, 0.05) is 6.42 Å². The fourth-order valence-corrected chi connectivity index (χ4v) is 1.74. The predicted octanol–water partition coefficient (Wildman–Crippen LogP) is 1.37. The molecular weight excluding hydrogens is 232 g/mol. The first kappa shape index (κ1) is 16.9. The molecule has 0 heterocycles. The highest BCUT2D eigenvalue weighted by Crippen LogP contribution is 2.11. The number of nitrogens with two attached hydrogens (primary N) is 1. The Kier molecular flexibility index (Phi) is 8.37. The van der Waals surface area contributed by atoms with Gasteiger partial charge in [-0.25, -0.2) is 4.79 Å². The van der Waals surface area contributed by atoms with E-state index < -0.39 is 12.0 Å². The van der Waals surface area contributed by atoms with E-state index in [0.29, 0.717) is 18.9 Å². The second kappa shape index (κ2) is 8.91. The molecule has 0 aromatic carbocycles. The van der Waals surface area contributed by atoms with E-state index in [1.807, 2.05) is 20.8 Å². The van der Waals surface area contributed by atoms with Gasteiger partial charge in [-0.15, -0.1) is 0 Å². The van der Waals surface area contributed by atoms with Crippen LogP contribution in [0.15, 0.2) is 0 Å². The van der Waals surface area contributed by atoms with Crippen LogP contribution in [0.3, 0.4) is 0 Å². The van der Waals surface area contributed by atoms with E-state index in [2.05, 4.69) is 5.32 Å². The summed E-state index contributed by atoms with van der Waals surface area (Å²) in [5.74, 6) is -0.820. The first-order chi connectivity index (χ1) is 8.42. The third-order valence-corrected chi connectivity index (χ3v) is 3.32. The lowest BCUT2D eigenvalue weighted by Gasteiger charge is -2.20. The van der Waals surface area contributed by atoms with Crippen molar-refractivity contribution in [3.05, 3.63) is 0 Å². The van der Waals surface area contributed by atoms with Crippen LogP contribution in [0.2, 0.25) is 0 Å². The van der Waals surface area contributed by atoms with E-state index in [4.69, 9.17) is 10.8 Å². The number of rotatable bonds is 9. The van der Waals surface area contributed by atoms with Crippen LogP contribution in [-0.4, -0.2) is 29.6 Å². The first-order valence-corrected chi connectivity index (χ1v) is 6.64. The smallest absolute Gasteiger partial charge is 0.326 e. The third kappa shape index (κ3) is 6.59. The Morgan fingerprint density at radius 3 is 2.33 bits per heavy atom. The second-order valence-electron chi connectivity index (χ2n) is 4.99. The van der Waals surface area contributed by atoms with E-state index in [1.54, 1.807) is 0 Å². The van der Waals surface area contributed by atoms with Gasteiger partial charge in [-0.3, -0.25) is 4.79 Å². The van der Waals surface area contributed by atoms with E-state index in [1.165, 1.54) is 0 Å². The van der Waals surface area contributed by atoms with Gasteiger partial charge in [-0.2, -0.15) is 0 Å². The van der Waals surface area contributed by atoms with Gasteiger partial charge in [-0.1, -0.05) is 27.2 Å². The van der Waals surface area contributed by atoms with Crippen molar-refractivity contribution in [1.82, 2.24) is 5.32 Å². The first-order valence-electron chi connectivity index (χ1n) is 6.64. The number of amides is 1. The number of hydrogen-bond acceptors (Lipinski definition) is 3. The molecule has 0 aromatic heterocycles. The highest BCUT2D eigenvalue weighted by atomic mass is 16.4. The van der Waals surface area contributed by atoms with Crippen LogP contribution < -0.4 is 11.1 Å². The van der Waals surface area contributed by atoms with Crippen LogP contribution in [0.1, 0.15) is 46.5 Å². The van der Waals surface area contributed by atoms with Crippen LogP contribution in [0.25, 0.3) is 0 Å². The summed E-state index contributed by atoms with van der Waals surface area (Å²) < 4.78 is 0. The summed E-state index contributed by atoms with van der Waals surface area (Å²) in [6, 6.07) is -0.785. The molecule has 0 aromatic rings. The predicted molar refractivity (Wildman–Crippen MR) is 71.1 cm³/mol. The molecule has 0 rings (SSSR count). The average molecular weight is 258 g/mol. The number of carboxylic acid groups (broad SMARTS) is 1. The molecule has 0 spiro atoms. The number of nitrogens with one attached hydrogen (secondary N) is 1. The van der Waals surface area contributed by atoms with Gasteiger partial charge >= 0.3 is 5.97 Å². The maximum absolute atomic E-state index is 11.7. The van der Waals surface area contributed by atoms with Crippen molar-refractivity contribution >= 4 is 11.9 Å². The molecule has 2 unspecified atom stereocenters. The van der Waals surface area contributed by atoms with E-state index in [9.17, 15) is 9.59 Å². The molecule has 106 valence electrons. The van der Waals surface area contributed by atoms with Gasteiger partial charge in [0.1, 0.15) is 6.04 Å². The van der Waals surface area contributed by atoms with Crippen molar-refractivity contribution < 1.29 is 14.7 Å². The molecule has 0 radical (unpaired) electrons. The Bertz CT molecular complexity index is 269. The Morgan fingerprint density at radius 2 is 1.89 bits per heavy atom. The van der Waals surface area contributed by atoms with Crippen molar-refractivity contribution in [2.24, 2.45) is 17.6 Å². The summed E-state index contributed by atoms with van der Waals surface area (Å²) in [6.45, 7) is 6.41. The van der Waals surface area contributed by atoms with Crippen molar-refractivity contribution in [2.75, 3.05) is 6.54 Å². The monoisotopic (exact) mass is 258 g/mol. The SMILES string of the molecule is CCC(C)[C@H](NC(=O)CCC(C)CCN)C(=O)O. The molecule has 0 saturated heterocycles. The third-order valence-electron chi connectivity index (χ3n) is 3.32. The summed E-state index contributed by atoms with van der Waals surface area (Å²) in [4.78, 5) is 22.7. The topological polar surface area (TPSA) is 92.4 Å². The number of hydrogen-bond donors (Lipinski definition) is 3. The zero-order valence-electron chi connectivity index (χ0n) is 11.6. The summed E-state index contributed by atoms with van der Waals surface area (Å²) in [6.07, 6.45) is 2.72. The molecule has 0 fully saturated rings. The Balaban J connectivity index is 4.14. The molecule has 0 aliphatic rings. The van der Waals surface area contributed by atoms with E-state index in [-0.39, 0.29) is 11.8 Å². The van der Waals surface area contributed by atoms with E-state index >= 15 is 0 Å². The molecule has 0 aliphatic carbocycles. The molecule has 0 saturated carbocycles. The van der Waals surface area contributed by atoms with Crippen LogP contribution >= 0.6 is 0 Å². The number of aliphatic carboxylic acids is 1. The van der Waals surface area contributed by atoms with Crippen LogP contribution in [-0.2, 0) is 9.59 Å². The minimum Gasteiger partial charge on any atom is -0.480 e. The van der Waals surface area contributed by atoms with Gasteiger partial charge in [0.2, 0.25) is 5.91 Å². The summed E-state index contributed by atoms with van der Waals surface area (Å²) in [7, 11) is 0. The van der Waals surface area contributed by atoms with Crippen LogP contribution in [0.5, 0.6) is 0 Å². The molecule has 5 nitrogen and oxygen atoms in total.